The van der Waals surface area contributed by atoms with Crippen LogP contribution in [0.1, 0.15) is 5.76 Å². The largest absolute Gasteiger partial charge is 0.463 e. The Bertz CT molecular complexity index is 1030. The number of nitrogens with zero attached hydrogens (tertiary/aromatic N) is 5. The molecule has 0 aliphatic carbocycles. The van der Waals surface area contributed by atoms with Crippen LogP contribution in [0.3, 0.4) is 0 Å². The van der Waals surface area contributed by atoms with Gasteiger partial charge in [0.1, 0.15) is 17.5 Å². The first-order chi connectivity index (χ1) is 11.3. The van der Waals surface area contributed by atoms with Crippen LogP contribution in [-0.4, -0.2) is 25.7 Å². The fraction of sp³-hybridized carbons (Fsp3) is 0. The zero-order chi connectivity index (χ0) is 15.6. The number of para-hydroxylation sites is 1. The Balaban J connectivity index is 1.80. The van der Waals surface area contributed by atoms with Crippen molar-refractivity contribution in [3.05, 3.63) is 77.4 Å². The molecule has 0 aliphatic rings. The molecule has 112 valence electrons. The third kappa shape index (κ3) is 2.34. The van der Waals surface area contributed by atoms with Crippen molar-refractivity contribution < 1.29 is 4.42 Å². The lowest BCUT2D eigenvalue weighted by Gasteiger charge is -2.02. The van der Waals surface area contributed by atoms with Gasteiger partial charge in [-0.2, -0.15) is 14.9 Å². The minimum atomic E-state index is -0.292. The molecule has 0 saturated carbocycles. The summed E-state index contributed by atoms with van der Waals surface area (Å²) in [6.07, 6.45) is 5.85. The number of furan rings is 1. The Morgan fingerprint density at radius 3 is 2.78 bits per heavy atom. The second-order valence-corrected chi connectivity index (χ2v) is 4.78. The van der Waals surface area contributed by atoms with E-state index in [2.05, 4.69) is 15.2 Å². The van der Waals surface area contributed by atoms with Gasteiger partial charge in [-0.3, -0.25) is 4.79 Å². The van der Waals surface area contributed by atoms with Gasteiger partial charge in [0.15, 0.2) is 5.65 Å². The highest BCUT2D eigenvalue weighted by molar-refractivity contribution is 5.77. The standard InChI is InChI=1S/C16H11N5O2/c22-16-14-10-19-21(12-5-2-1-3-6-12)15(14)17-11-20(16)18-9-13-7-4-8-23-13/h1-11H/b18-9-. The average Bonchev–Trinajstić information content (AvgIpc) is 3.25. The van der Waals surface area contributed by atoms with E-state index >= 15 is 0 Å². The first-order valence-corrected chi connectivity index (χ1v) is 6.91. The quantitative estimate of drug-likeness (QED) is 0.543. The Morgan fingerprint density at radius 1 is 1.13 bits per heavy atom. The maximum absolute atomic E-state index is 12.5. The van der Waals surface area contributed by atoms with E-state index < -0.39 is 0 Å². The maximum Gasteiger partial charge on any atom is 0.285 e. The molecule has 0 amide bonds. The van der Waals surface area contributed by atoms with Gasteiger partial charge in [-0.25, -0.2) is 9.67 Å². The fourth-order valence-electron chi connectivity index (χ4n) is 2.23. The van der Waals surface area contributed by atoms with E-state index in [0.29, 0.717) is 16.8 Å². The van der Waals surface area contributed by atoms with Gasteiger partial charge in [-0.1, -0.05) is 18.2 Å². The summed E-state index contributed by atoms with van der Waals surface area (Å²) in [5.74, 6) is 0.553. The molecule has 7 nitrogen and oxygen atoms in total. The Labute approximate surface area is 130 Å². The van der Waals surface area contributed by atoms with Crippen LogP contribution in [0.25, 0.3) is 16.7 Å². The van der Waals surface area contributed by atoms with Crippen molar-refractivity contribution in [3.63, 3.8) is 0 Å². The molecule has 3 aromatic heterocycles. The molecule has 7 heteroatoms. The van der Waals surface area contributed by atoms with Crippen LogP contribution in [0.15, 0.2) is 75.6 Å². The molecule has 0 aliphatic heterocycles. The molecule has 1 aromatic carbocycles. The molecule has 0 saturated heterocycles. The van der Waals surface area contributed by atoms with Crippen molar-refractivity contribution in [1.29, 1.82) is 0 Å². The molecule has 0 unspecified atom stereocenters. The van der Waals surface area contributed by atoms with E-state index in [0.717, 1.165) is 10.4 Å². The molecule has 0 spiro atoms. The molecular formula is C16H11N5O2. The zero-order valence-corrected chi connectivity index (χ0v) is 11.9. The van der Waals surface area contributed by atoms with Crippen LogP contribution >= 0.6 is 0 Å². The van der Waals surface area contributed by atoms with Crippen molar-refractivity contribution in [3.8, 4) is 5.69 Å². The first-order valence-electron chi connectivity index (χ1n) is 6.91. The summed E-state index contributed by atoms with van der Waals surface area (Å²) in [6.45, 7) is 0. The first kappa shape index (κ1) is 13.2. The van der Waals surface area contributed by atoms with Crippen LogP contribution in [0.4, 0.5) is 0 Å². The van der Waals surface area contributed by atoms with Crippen LogP contribution in [0.2, 0.25) is 0 Å². The molecule has 4 aromatic rings. The Kier molecular flexibility index (Phi) is 3.09. The summed E-state index contributed by atoms with van der Waals surface area (Å²) in [4.78, 5) is 16.8. The second-order valence-electron chi connectivity index (χ2n) is 4.78. The molecule has 0 atom stereocenters. The topological polar surface area (TPSA) is 78.2 Å². The normalized spacial score (nSPS) is 11.5. The predicted octanol–water partition coefficient (Wildman–Crippen LogP) is 2.06. The highest BCUT2D eigenvalue weighted by Gasteiger charge is 2.10. The molecular weight excluding hydrogens is 294 g/mol. The zero-order valence-electron chi connectivity index (χ0n) is 11.9. The number of benzene rings is 1. The minimum absolute atomic E-state index is 0.292. The van der Waals surface area contributed by atoms with Gasteiger partial charge < -0.3 is 4.42 Å². The number of aromatic nitrogens is 4. The van der Waals surface area contributed by atoms with Gasteiger partial charge in [0.05, 0.1) is 24.4 Å². The van der Waals surface area contributed by atoms with E-state index in [-0.39, 0.29) is 5.56 Å². The lowest BCUT2D eigenvalue weighted by molar-refractivity contribution is 0.559. The van der Waals surface area contributed by atoms with Crippen LogP contribution in [-0.2, 0) is 0 Å². The lowest BCUT2D eigenvalue weighted by Crippen LogP contribution is -2.17. The van der Waals surface area contributed by atoms with Gasteiger partial charge in [-0.15, -0.1) is 0 Å². The second kappa shape index (κ2) is 5.38. The maximum atomic E-state index is 12.5. The van der Waals surface area contributed by atoms with Crippen molar-refractivity contribution in [2.45, 2.75) is 0 Å². The molecule has 0 N–H and O–H groups in total. The highest BCUT2D eigenvalue weighted by atomic mass is 16.3. The van der Waals surface area contributed by atoms with Crippen molar-refractivity contribution in [1.82, 2.24) is 19.4 Å². The summed E-state index contributed by atoms with van der Waals surface area (Å²) in [6, 6.07) is 13.0. The Morgan fingerprint density at radius 2 is 2.00 bits per heavy atom. The Hall–Kier alpha value is -3.48. The predicted molar refractivity (Wildman–Crippen MR) is 84.8 cm³/mol. The molecule has 3 heterocycles. The molecule has 0 radical (unpaired) electrons. The smallest absolute Gasteiger partial charge is 0.285 e. The summed E-state index contributed by atoms with van der Waals surface area (Å²) in [7, 11) is 0. The van der Waals surface area contributed by atoms with Crippen LogP contribution < -0.4 is 5.56 Å². The molecule has 0 bridgehead atoms. The van der Waals surface area contributed by atoms with Crippen LogP contribution in [0, 0.1) is 0 Å². The van der Waals surface area contributed by atoms with Crippen molar-refractivity contribution >= 4 is 17.2 Å². The molecule has 0 fully saturated rings. The third-order valence-corrected chi connectivity index (χ3v) is 3.33. The highest BCUT2D eigenvalue weighted by Crippen LogP contribution is 2.12. The minimum Gasteiger partial charge on any atom is -0.463 e. The number of hydrogen-bond donors (Lipinski definition) is 0. The fourth-order valence-corrected chi connectivity index (χ4v) is 2.23. The van der Waals surface area contributed by atoms with E-state index in [1.807, 2.05) is 30.3 Å². The number of hydrogen-bond acceptors (Lipinski definition) is 5. The molecule has 4 rings (SSSR count). The average molecular weight is 305 g/mol. The third-order valence-electron chi connectivity index (χ3n) is 3.33. The van der Waals surface area contributed by atoms with E-state index in [1.165, 1.54) is 25.0 Å². The van der Waals surface area contributed by atoms with Crippen molar-refractivity contribution in [2.24, 2.45) is 5.10 Å². The van der Waals surface area contributed by atoms with Crippen molar-refractivity contribution in [2.75, 3.05) is 0 Å². The van der Waals surface area contributed by atoms with E-state index in [4.69, 9.17) is 4.42 Å². The molecule has 23 heavy (non-hydrogen) atoms. The number of rotatable bonds is 3. The van der Waals surface area contributed by atoms with Gasteiger partial charge in [0.2, 0.25) is 0 Å². The lowest BCUT2D eigenvalue weighted by atomic mass is 10.3. The monoisotopic (exact) mass is 305 g/mol. The summed E-state index contributed by atoms with van der Waals surface area (Å²) in [5, 5.41) is 8.71. The van der Waals surface area contributed by atoms with Crippen LogP contribution in [0.5, 0.6) is 0 Å². The van der Waals surface area contributed by atoms with E-state index in [9.17, 15) is 4.79 Å². The SMILES string of the molecule is O=c1c2cnn(-c3ccccc3)c2ncn1/N=C\c1ccco1. The summed E-state index contributed by atoms with van der Waals surface area (Å²) in [5.41, 5.74) is 1.04. The summed E-state index contributed by atoms with van der Waals surface area (Å²) < 4.78 is 7.92. The van der Waals surface area contributed by atoms with E-state index in [1.54, 1.807) is 16.8 Å². The van der Waals surface area contributed by atoms with Gasteiger partial charge in [0, 0.05) is 0 Å². The van der Waals surface area contributed by atoms with Gasteiger partial charge in [0.25, 0.3) is 5.56 Å². The summed E-state index contributed by atoms with van der Waals surface area (Å²) >= 11 is 0. The number of fused-ring (bicyclic) bond motifs is 1. The van der Waals surface area contributed by atoms with Gasteiger partial charge >= 0.3 is 0 Å². The van der Waals surface area contributed by atoms with Gasteiger partial charge in [-0.05, 0) is 24.3 Å².